The van der Waals surface area contributed by atoms with Gasteiger partial charge in [0.2, 0.25) is 0 Å². The summed E-state index contributed by atoms with van der Waals surface area (Å²) >= 11 is 0. The number of ether oxygens (including phenoxy) is 1. The molecule has 0 bridgehead atoms. The zero-order valence-corrected chi connectivity index (χ0v) is 10.8. The van der Waals surface area contributed by atoms with E-state index in [9.17, 15) is 0 Å². The highest BCUT2D eigenvalue weighted by atomic mass is 16.5. The maximum absolute atomic E-state index is 6.41. The molecule has 0 fully saturated rings. The van der Waals surface area contributed by atoms with Crippen molar-refractivity contribution in [3.8, 4) is 5.75 Å². The molecule has 1 aromatic rings. The molecular formula is C14H23NO. The van der Waals surface area contributed by atoms with Gasteiger partial charge >= 0.3 is 0 Å². The van der Waals surface area contributed by atoms with Gasteiger partial charge in [0.25, 0.3) is 0 Å². The Kier molecular flexibility index (Phi) is 4.36. The van der Waals surface area contributed by atoms with E-state index in [4.69, 9.17) is 10.5 Å². The molecule has 0 heterocycles. The molecule has 0 saturated carbocycles. The van der Waals surface area contributed by atoms with Crippen LogP contribution in [-0.2, 0) is 5.54 Å². The van der Waals surface area contributed by atoms with Crippen molar-refractivity contribution in [3.05, 3.63) is 29.8 Å². The van der Waals surface area contributed by atoms with Crippen LogP contribution in [0.4, 0.5) is 0 Å². The van der Waals surface area contributed by atoms with E-state index in [2.05, 4.69) is 26.8 Å². The minimum absolute atomic E-state index is 0.317. The lowest BCUT2D eigenvalue weighted by molar-refractivity contribution is 0.335. The zero-order valence-electron chi connectivity index (χ0n) is 10.8. The average Bonchev–Trinajstić information content (AvgIpc) is 2.28. The van der Waals surface area contributed by atoms with Crippen LogP contribution in [0, 0.1) is 5.92 Å². The van der Waals surface area contributed by atoms with E-state index in [-0.39, 0.29) is 5.54 Å². The summed E-state index contributed by atoms with van der Waals surface area (Å²) in [6.07, 6.45) is 2.13. The minimum atomic E-state index is -0.317. The molecule has 0 aliphatic heterocycles. The number of hydrogen-bond acceptors (Lipinski definition) is 2. The SMILES string of the molecule is CCC(C)CC(C)(N)c1ccccc1OC. The topological polar surface area (TPSA) is 35.2 Å². The van der Waals surface area contributed by atoms with E-state index in [1.165, 1.54) is 0 Å². The Morgan fingerprint density at radius 3 is 2.56 bits per heavy atom. The highest BCUT2D eigenvalue weighted by Gasteiger charge is 2.26. The van der Waals surface area contributed by atoms with Crippen LogP contribution in [0.2, 0.25) is 0 Å². The number of benzene rings is 1. The van der Waals surface area contributed by atoms with Crippen LogP contribution in [0.15, 0.2) is 24.3 Å². The van der Waals surface area contributed by atoms with Gasteiger partial charge in [0.15, 0.2) is 0 Å². The fourth-order valence-corrected chi connectivity index (χ4v) is 2.09. The largest absolute Gasteiger partial charge is 0.496 e. The highest BCUT2D eigenvalue weighted by Crippen LogP contribution is 2.33. The van der Waals surface area contributed by atoms with Crippen molar-refractivity contribution in [1.82, 2.24) is 0 Å². The van der Waals surface area contributed by atoms with Gasteiger partial charge in [-0.2, -0.15) is 0 Å². The number of methoxy groups -OCH3 is 1. The van der Waals surface area contributed by atoms with E-state index in [0.29, 0.717) is 5.92 Å². The molecule has 1 aromatic carbocycles. The first-order chi connectivity index (χ1) is 7.51. The second kappa shape index (κ2) is 5.35. The first-order valence-corrected chi connectivity index (χ1v) is 5.93. The quantitative estimate of drug-likeness (QED) is 0.828. The molecule has 0 radical (unpaired) electrons. The summed E-state index contributed by atoms with van der Waals surface area (Å²) in [5.74, 6) is 1.51. The van der Waals surface area contributed by atoms with Crippen LogP contribution in [0.5, 0.6) is 5.75 Å². The summed E-state index contributed by atoms with van der Waals surface area (Å²) in [5, 5.41) is 0. The average molecular weight is 221 g/mol. The summed E-state index contributed by atoms with van der Waals surface area (Å²) in [7, 11) is 1.69. The van der Waals surface area contributed by atoms with Crippen LogP contribution < -0.4 is 10.5 Å². The first kappa shape index (κ1) is 13.0. The molecular weight excluding hydrogens is 198 g/mol. The summed E-state index contributed by atoms with van der Waals surface area (Å²) in [6, 6.07) is 8.01. The molecule has 1 rings (SSSR count). The zero-order chi connectivity index (χ0) is 12.2. The van der Waals surface area contributed by atoms with Crippen molar-refractivity contribution >= 4 is 0 Å². The van der Waals surface area contributed by atoms with E-state index >= 15 is 0 Å². The van der Waals surface area contributed by atoms with E-state index in [1.54, 1.807) is 7.11 Å². The normalized spacial score (nSPS) is 16.6. The summed E-state index contributed by atoms with van der Waals surface area (Å²) in [6.45, 7) is 6.51. The fourth-order valence-electron chi connectivity index (χ4n) is 2.09. The van der Waals surface area contributed by atoms with Crippen LogP contribution >= 0.6 is 0 Å². The third kappa shape index (κ3) is 2.99. The molecule has 90 valence electrons. The molecule has 2 atom stereocenters. The van der Waals surface area contributed by atoms with Crippen LogP contribution in [-0.4, -0.2) is 7.11 Å². The number of hydrogen-bond donors (Lipinski definition) is 1. The van der Waals surface area contributed by atoms with Crippen molar-refractivity contribution in [2.45, 2.75) is 39.2 Å². The van der Waals surface area contributed by atoms with Gasteiger partial charge in [-0.3, -0.25) is 0 Å². The molecule has 0 amide bonds. The fraction of sp³-hybridized carbons (Fsp3) is 0.571. The standard InChI is InChI=1S/C14H23NO/c1-5-11(2)10-14(3,15)12-8-6-7-9-13(12)16-4/h6-9,11H,5,10,15H2,1-4H3. The lowest BCUT2D eigenvalue weighted by atomic mass is 9.83. The lowest BCUT2D eigenvalue weighted by Gasteiger charge is -2.29. The summed E-state index contributed by atoms with van der Waals surface area (Å²) < 4.78 is 5.37. The van der Waals surface area contributed by atoms with Crippen molar-refractivity contribution in [3.63, 3.8) is 0 Å². The second-order valence-corrected chi connectivity index (χ2v) is 4.84. The van der Waals surface area contributed by atoms with Gasteiger partial charge in [-0.15, -0.1) is 0 Å². The van der Waals surface area contributed by atoms with Gasteiger partial charge in [-0.05, 0) is 25.3 Å². The third-order valence-corrected chi connectivity index (χ3v) is 3.19. The Morgan fingerprint density at radius 1 is 1.38 bits per heavy atom. The lowest BCUT2D eigenvalue weighted by Crippen LogP contribution is -2.35. The predicted octanol–water partition coefficient (Wildman–Crippen LogP) is 3.31. The molecule has 0 spiro atoms. The molecule has 16 heavy (non-hydrogen) atoms. The number of para-hydroxylation sites is 1. The molecule has 0 aliphatic rings. The van der Waals surface area contributed by atoms with E-state index in [0.717, 1.165) is 24.2 Å². The van der Waals surface area contributed by atoms with E-state index in [1.807, 2.05) is 18.2 Å². The molecule has 0 aliphatic carbocycles. The van der Waals surface area contributed by atoms with Gasteiger partial charge in [-0.1, -0.05) is 38.5 Å². The van der Waals surface area contributed by atoms with Crippen molar-refractivity contribution in [2.75, 3.05) is 7.11 Å². The van der Waals surface area contributed by atoms with Crippen molar-refractivity contribution < 1.29 is 4.74 Å². The highest BCUT2D eigenvalue weighted by molar-refractivity contribution is 5.38. The number of nitrogens with two attached hydrogens (primary N) is 1. The minimum Gasteiger partial charge on any atom is -0.496 e. The van der Waals surface area contributed by atoms with Gasteiger partial charge in [-0.25, -0.2) is 0 Å². The van der Waals surface area contributed by atoms with Gasteiger partial charge in [0.05, 0.1) is 7.11 Å². The number of rotatable bonds is 5. The van der Waals surface area contributed by atoms with Gasteiger partial charge in [0, 0.05) is 11.1 Å². The Bertz CT molecular complexity index is 333. The molecule has 2 unspecified atom stereocenters. The van der Waals surface area contributed by atoms with Gasteiger partial charge in [0.1, 0.15) is 5.75 Å². The third-order valence-electron chi connectivity index (χ3n) is 3.19. The molecule has 2 heteroatoms. The molecule has 0 saturated heterocycles. The van der Waals surface area contributed by atoms with Crippen molar-refractivity contribution in [1.29, 1.82) is 0 Å². The Balaban J connectivity index is 2.96. The van der Waals surface area contributed by atoms with Crippen LogP contribution in [0.3, 0.4) is 0 Å². The Hall–Kier alpha value is -1.02. The van der Waals surface area contributed by atoms with Gasteiger partial charge < -0.3 is 10.5 Å². The van der Waals surface area contributed by atoms with Crippen LogP contribution in [0.25, 0.3) is 0 Å². The van der Waals surface area contributed by atoms with Crippen LogP contribution in [0.1, 0.15) is 39.2 Å². The first-order valence-electron chi connectivity index (χ1n) is 5.93. The molecule has 0 aromatic heterocycles. The van der Waals surface area contributed by atoms with Crippen molar-refractivity contribution in [2.24, 2.45) is 11.7 Å². The maximum Gasteiger partial charge on any atom is 0.123 e. The monoisotopic (exact) mass is 221 g/mol. The maximum atomic E-state index is 6.41. The molecule has 2 nitrogen and oxygen atoms in total. The predicted molar refractivity (Wildman–Crippen MR) is 68.6 cm³/mol. The summed E-state index contributed by atoms with van der Waals surface area (Å²) in [4.78, 5) is 0. The summed E-state index contributed by atoms with van der Waals surface area (Å²) in [5.41, 5.74) is 7.19. The smallest absolute Gasteiger partial charge is 0.123 e. The Labute approximate surface area is 98.8 Å². The molecule has 2 N–H and O–H groups in total. The van der Waals surface area contributed by atoms with E-state index < -0.39 is 0 Å². The Morgan fingerprint density at radius 2 is 2.00 bits per heavy atom. The second-order valence-electron chi connectivity index (χ2n) is 4.84.